The lowest BCUT2D eigenvalue weighted by Gasteiger charge is -2.21. The van der Waals surface area contributed by atoms with E-state index in [1.165, 1.54) is 13.2 Å². The van der Waals surface area contributed by atoms with Crippen LogP contribution in [0, 0.1) is 0 Å². The number of nitrogens with zero attached hydrogens (tertiary/aromatic N) is 2. The Morgan fingerprint density at radius 2 is 1.83 bits per heavy atom. The van der Waals surface area contributed by atoms with Crippen LogP contribution in [-0.4, -0.2) is 22.6 Å². The predicted molar refractivity (Wildman–Crippen MR) is 63.2 cm³/mol. The predicted octanol–water partition coefficient (Wildman–Crippen LogP) is 2.43. The summed E-state index contributed by atoms with van der Waals surface area (Å²) in [7, 11) is 1.47. The van der Waals surface area contributed by atoms with Gasteiger partial charge in [-0.25, -0.2) is 9.97 Å². The number of nitrogens with one attached hydrogen (secondary N) is 2. The molecule has 18 heavy (non-hydrogen) atoms. The summed E-state index contributed by atoms with van der Waals surface area (Å²) in [5.41, 5.74) is -1.14. The Morgan fingerprint density at radius 3 is 2.28 bits per heavy atom. The molecule has 4 nitrogen and oxygen atoms in total. The van der Waals surface area contributed by atoms with E-state index in [1.54, 1.807) is 0 Å². The van der Waals surface area contributed by atoms with Crippen molar-refractivity contribution in [2.45, 2.75) is 39.0 Å². The van der Waals surface area contributed by atoms with Gasteiger partial charge in [0.2, 0.25) is 5.95 Å². The molecule has 1 heterocycles. The molecule has 0 saturated carbocycles. The van der Waals surface area contributed by atoms with Crippen molar-refractivity contribution >= 4 is 5.95 Å². The monoisotopic (exact) mass is 262 g/mol. The fraction of sp³-hybridized carbons (Fsp3) is 0.636. The van der Waals surface area contributed by atoms with E-state index in [0.29, 0.717) is 0 Å². The summed E-state index contributed by atoms with van der Waals surface area (Å²) in [6.07, 6.45) is -3.29. The van der Waals surface area contributed by atoms with E-state index in [9.17, 15) is 13.2 Å². The van der Waals surface area contributed by atoms with E-state index in [-0.39, 0.29) is 23.6 Å². The molecule has 0 fully saturated rings. The molecule has 102 valence electrons. The second-order valence-electron chi connectivity index (χ2n) is 4.92. The van der Waals surface area contributed by atoms with Crippen molar-refractivity contribution in [3.8, 4) is 0 Å². The SMILES string of the molecule is CNc1ncc(CNC(C)(C)C)c(C(F)(F)F)n1. The van der Waals surface area contributed by atoms with E-state index in [1.807, 2.05) is 20.8 Å². The van der Waals surface area contributed by atoms with Gasteiger partial charge in [0, 0.05) is 30.9 Å². The summed E-state index contributed by atoms with van der Waals surface area (Å²) in [5, 5.41) is 5.48. The molecule has 7 heteroatoms. The maximum atomic E-state index is 12.8. The van der Waals surface area contributed by atoms with Gasteiger partial charge in [0.25, 0.3) is 0 Å². The first-order chi connectivity index (χ1) is 8.13. The van der Waals surface area contributed by atoms with Crippen LogP contribution in [0.25, 0.3) is 0 Å². The lowest BCUT2D eigenvalue weighted by molar-refractivity contribution is -0.141. The number of halogens is 3. The molecule has 0 atom stereocenters. The molecule has 0 spiro atoms. The normalized spacial score (nSPS) is 12.6. The zero-order valence-electron chi connectivity index (χ0n) is 10.8. The van der Waals surface area contributed by atoms with Gasteiger partial charge in [-0.2, -0.15) is 13.2 Å². The summed E-state index contributed by atoms with van der Waals surface area (Å²) in [5.74, 6) is -0.0400. The van der Waals surface area contributed by atoms with Crippen molar-refractivity contribution in [2.24, 2.45) is 0 Å². The third-order valence-electron chi connectivity index (χ3n) is 2.17. The van der Waals surface area contributed by atoms with Gasteiger partial charge in [0.05, 0.1) is 0 Å². The Morgan fingerprint density at radius 1 is 1.22 bits per heavy atom. The average Bonchev–Trinajstić information content (AvgIpc) is 2.24. The lowest BCUT2D eigenvalue weighted by atomic mass is 10.1. The van der Waals surface area contributed by atoms with Gasteiger partial charge in [-0.3, -0.25) is 0 Å². The highest BCUT2D eigenvalue weighted by atomic mass is 19.4. The van der Waals surface area contributed by atoms with Crippen molar-refractivity contribution in [1.29, 1.82) is 0 Å². The molecule has 0 aliphatic rings. The molecule has 0 aliphatic heterocycles. The minimum absolute atomic E-state index is 0.0384. The quantitative estimate of drug-likeness (QED) is 0.878. The Hall–Kier alpha value is -1.37. The van der Waals surface area contributed by atoms with Crippen LogP contribution in [-0.2, 0) is 12.7 Å². The largest absolute Gasteiger partial charge is 0.433 e. The van der Waals surface area contributed by atoms with Gasteiger partial charge >= 0.3 is 6.18 Å². The molecule has 0 bridgehead atoms. The van der Waals surface area contributed by atoms with Crippen molar-refractivity contribution < 1.29 is 13.2 Å². The van der Waals surface area contributed by atoms with Crippen LogP contribution >= 0.6 is 0 Å². The molecule has 0 unspecified atom stereocenters. The highest BCUT2D eigenvalue weighted by molar-refractivity contribution is 5.30. The van der Waals surface area contributed by atoms with Crippen LogP contribution in [0.1, 0.15) is 32.0 Å². The summed E-state index contributed by atoms with van der Waals surface area (Å²) in [6.45, 7) is 5.71. The van der Waals surface area contributed by atoms with Crippen LogP contribution in [0.5, 0.6) is 0 Å². The topological polar surface area (TPSA) is 49.8 Å². The first kappa shape index (κ1) is 14.7. The van der Waals surface area contributed by atoms with Crippen molar-refractivity contribution in [3.05, 3.63) is 17.5 Å². The van der Waals surface area contributed by atoms with Crippen LogP contribution in [0.15, 0.2) is 6.20 Å². The molecule has 0 aromatic carbocycles. The van der Waals surface area contributed by atoms with Gasteiger partial charge in [0.1, 0.15) is 0 Å². The summed E-state index contributed by atoms with van der Waals surface area (Å²) in [6, 6.07) is 0. The van der Waals surface area contributed by atoms with Crippen molar-refractivity contribution in [3.63, 3.8) is 0 Å². The van der Waals surface area contributed by atoms with Crippen LogP contribution in [0.2, 0.25) is 0 Å². The maximum absolute atomic E-state index is 12.8. The molecule has 0 radical (unpaired) electrons. The van der Waals surface area contributed by atoms with Gasteiger partial charge in [-0.05, 0) is 20.8 Å². The van der Waals surface area contributed by atoms with E-state index in [0.717, 1.165) is 0 Å². The molecule has 1 aromatic rings. The van der Waals surface area contributed by atoms with Gasteiger partial charge in [-0.15, -0.1) is 0 Å². The zero-order valence-corrected chi connectivity index (χ0v) is 10.8. The molecule has 0 amide bonds. The Labute approximate surface area is 104 Å². The number of hydrogen-bond acceptors (Lipinski definition) is 4. The maximum Gasteiger partial charge on any atom is 0.433 e. The van der Waals surface area contributed by atoms with E-state index in [2.05, 4.69) is 20.6 Å². The molecule has 0 saturated heterocycles. The van der Waals surface area contributed by atoms with Crippen LogP contribution in [0.3, 0.4) is 0 Å². The number of rotatable bonds is 3. The third-order valence-corrected chi connectivity index (χ3v) is 2.17. The van der Waals surface area contributed by atoms with Crippen molar-refractivity contribution in [1.82, 2.24) is 15.3 Å². The first-order valence-electron chi connectivity index (χ1n) is 5.49. The van der Waals surface area contributed by atoms with E-state index < -0.39 is 11.9 Å². The standard InChI is InChI=1S/C11H17F3N4/c1-10(2,3)17-6-7-5-16-9(15-4)18-8(7)11(12,13)14/h5,17H,6H2,1-4H3,(H,15,16,18). The highest BCUT2D eigenvalue weighted by Gasteiger charge is 2.36. The smallest absolute Gasteiger partial charge is 0.357 e. The van der Waals surface area contributed by atoms with Gasteiger partial charge in [0.15, 0.2) is 5.69 Å². The molecule has 0 aliphatic carbocycles. The first-order valence-corrected chi connectivity index (χ1v) is 5.49. The van der Waals surface area contributed by atoms with Gasteiger partial charge < -0.3 is 10.6 Å². The average molecular weight is 262 g/mol. The minimum atomic E-state index is -4.48. The molecule has 2 N–H and O–H groups in total. The molecular formula is C11H17F3N4. The Bertz CT molecular complexity index is 410. The fourth-order valence-electron chi connectivity index (χ4n) is 1.26. The zero-order chi connectivity index (χ0) is 14.0. The van der Waals surface area contributed by atoms with E-state index >= 15 is 0 Å². The summed E-state index contributed by atoms with van der Waals surface area (Å²) in [4.78, 5) is 7.29. The number of hydrogen-bond donors (Lipinski definition) is 2. The Balaban J connectivity index is 3.03. The van der Waals surface area contributed by atoms with Crippen molar-refractivity contribution in [2.75, 3.05) is 12.4 Å². The number of aromatic nitrogens is 2. The summed E-state index contributed by atoms with van der Waals surface area (Å²) >= 11 is 0. The fourth-order valence-corrected chi connectivity index (χ4v) is 1.26. The van der Waals surface area contributed by atoms with Gasteiger partial charge in [-0.1, -0.05) is 0 Å². The highest BCUT2D eigenvalue weighted by Crippen LogP contribution is 2.30. The second kappa shape index (κ2) is 5.09. The number of anilines is 1. The number of alkyl halides is 3. The second-order valence-corrected chi connectivity index (χ2v) is 4.92. The molecular weight excluding hydrogens is 245 g/mol. The molecule has 1 aromatic heterocycles. The lowest BCUT2D eigenvalue weighted by Crippen LogP contribution is -2.35. The summed E-state index contributed by atoms with van der Waals surface area (Å²) < 4.78 is 38.5. The minimum Gasteiger partial charge on any atom is -0.357 e. The van der Waals surface area contributed by atoms with Crippen LogP contribution in [0.4, 0.5) is 19.1 Å². The third kappa shape index (κ3) is 4.14. The van der Waals surface area contributed by atoms with Crippen LogP contribution < -0.4 is 10.6 Å². The Kier molecular flexibility index (Phi) is 4.16. The van der Waals surface area contributed by atoms with E-state index in [4.69, 9.17) is 0 Å². The molecule has 1 rings (SSSR count).